The molecule has 0 saturated heterocycles. The maximum absolute atomic E-state index is 5.92. The Balaban J connectivity index is 2.55. The van der Waals surface area contributed by atoms with E-state index in [4.69, 9.17) is 8.84 Å². The topological polar surface area (TPSA) is 34.7 Å². The zero-order chi connectivity index (χ0) is 12.9. The fourth-order valence-electron chi connectivity index (χ4n) is 1.28. The lowest BCUT2D eigenvalue weighted by atomic mass is 10.1. The molecule has 17 heavy (non-hydrogen) atoms. The highest BCUT2D eigenvalue weighted by Crippen LogP contribution is 2.11. The molecule has 1 heterocycles. The third-order valence-corrected chi connectivity index (χ3v) is 3.43. The van der Waals surface area contributed by atoms with Crippen LogP contribution in [0, 0.1) is 5.92 Å². The Kier molecular flexibility index (Phi) is 5.15. The second kappa shape index (κ2) is 6.17. The van der Waals surface area contributed by atoms with E-state index in [9.17, 15) is 0 Å². The van der Waals surface area contributed by atoms with E-state index in [0.29, 0.717) is 12.5 Å². The van der Waals surface area contributed by atoms with Crippen LogP contribution in [0.15, 0.2) is 27.8 Å². The van der Waals surface area contributed by atoms with E-state index >= 15 is 0 Å². The first-order valence-electron chi connectivity index (χ1n) is 6.09. The van der Waals surface area contributed by atoms with Gasteiger partial charge in [0.25, 0.3) is 0 Å². The molecule has 0 aliphatic rings. The third kappa shape index (κ3) is 5.84. The summed E-state index contributed by atoms with van der Waals surface area (Å²) in [5.41, 5.74) is 0. The fourth-order valence-corrected chi connectivity index (χ4v) is 1.95. The van der Waals surface area contributed by atoms with Gasteiger partial charge in [-0.05, 0) is 37.7 Å². The molecule has 1 aromatic rings. The Hall–Kier alpha value is -0.873. The maximum atomic E-state index is 5.92. The van der Waals surface area contributed by atoms with Gasteiger partial charge in [-0.15, -0.1) is 0 Å². The van der Waals surface area contributed by atoms with Crippen LogP contribution in [0.3, 0.4) is 0 Å². The Bertz CT molecular complexity index is 339. The smallest absolute Gasteiger partial charge is 0.183 e. The Morgan fingerprint density at radius 3 is 2.59 bits per heavy atom. The lowest BCUT2D eigenvalue weighted by Gasteiger charge is -2.22. The van der Waals surface area contributed by atoms with E-state index in [-0.39, 0.29) is 6.04 Å². The number of hydrogen-bond donors (Lipinski definition) is 0. The molecule has 0 unspecified atom stereocenters. The third-order valence-electron chi connectivity index (χ3n) is 2.39. The number of aliphatic imine (C=N–C) groups is 1. The minimum Gasteiger partial charge on any atom is -0.463 e. The second-order valence-corrected chi connectivity index (χ2v) is 10.0. The van der Waals surface area contributed by atoms with Crippen LogP contribution in [-0.2, 0) is 4.43 Å². The molecule has 0 aliphatic carbocycles. The van der Waals surface area contributed by atoms with Gasteiger partial charge in [0.1, 0.15) is 5.76 Å². The van der Waals surface area contributed by atoms with E-state index in [2.05, 4.69) is 38.5 Å². The summed E-state index contributed by atoms with van der Waals surface area (Å²) in [7, 11) is -1.46. The molecule has 1 atom stereocenters. The summed E-state index contributed by atoms with van der Waals surface area (Å²) in [5, 5.41) is 0. The highest BCUT2D eigenvalue weighted by molar-refractivity contribution is 6.69. The van der Waals surface area contributed by atoms with Crippen molar-refractivity contribution < 1.29 is 8.84 Å². The van der Waals surface area contributed by atoms with E-state index in [0.717, 1.165) is 5.76 Å². The number of furan rings is 1. The summed E-state index contributed by atoms with van der Waals surface area (Å²) in [4.78, 5) is 4.55. The molecule has 1 aromatic heterocycles. The van der Waals surface area contributed by atoms with Crippen LogP contribution in [0.4, 0.5) is 0 Å². The summed E-state index contributed by atoms with van der Waals surface area (Å²) in [6.45, 7) is 11.6. The molecule has 3 nitrogen and oxygen atoms in total. The Morgan fingerprint density at radius 2 is 2.12 bits per heavy atom. The van der Waals surface area contributed by atoms with Crippen LogP contribution < -0.4 is 0 Å². The molecule has 0 spiro atoms. The summed E-state index contributed by atoms with van der Waals surface area (Å²) in [5.74, 6) is 1.27. The molecule has 0 saturated carbocycles. The SMILES string of the molecule is CC(C)[C@@H](CO[Si](C)(C)C)N=Cc1ccco1. The van der Waals surface area contributed by atoms with Gasteiger partial charge in [-0.3, -0.25) is 4.99 Å². The van der Waals surface area contributed by atoms with Crippen LogP contribution >= 0.6 is 0 Å². The molecule has 0 bridgehead atoms. The normalized spacial score (nSPS) is 14.7. The Labute approximate surface area is 105 Å². The molecule has 0 aromatic carbocycles. The van der Waals surface area contributed by atoms with Crippen molar-refractivity contribution in [3.8, 4) is 0 Å². The van der Waals surface area contributed by atoms with E-state index in [1.807, 2.05) is 12.1 Å². The number of rotatable bonds is 6. The van der Waals surface area contributed by atoms with Crippen molar-refractivity contribution in [1.29, 1.82) is 0 Å². The quantitative estimate of drug-likeness (QED) is 0.574. The van der Waals surface area contributed by atoms with Gasteiger partial charge in [-0.1, -0.05) is 13.8 Å². The van der Waals surface area contributed by atoms with Crippen molar-refractivity contribution in [2.75, 3.05) is 6.61 Å². The molecule has 0 aliphatic heterocycles. The van der Waals surface area contributed by atoms with Crippen molar-refractivity contribution in [2.45, 2.75) is 39.5 Å². The molecule has 0 fully saturated rings. The minimum absolute atomic E-state index is 0.201. The van der Waals surface area contributed by atoms with Crippen LogP contribution in [0.5, 0.6) is 0 Å². The summed E-state index contributed by atoms with van der Waals surface area (Å²) < 4.78 is 11.1. The van der Waals surface area contributed by atoms with Crippen LogP contribution in [-0.4, -0.2) is 27.2 Å². The van der Waals surface area contributed by atoms with Crippen LogP contribution in [0.1, 0.15) is 19.6 Å². The van der Waals surface area contributed by atoms with Gasteiger partial charge in [0.2, 0.25) is 0 Å². The van der Waals surface area contributed by atoms with E-state index in [1.165, 1.54) is 0 Å². The maximum Gasteiger partial charge on any atom is 0.183 e. The monoisotopic (exact) mass is 253 g/mol. The molecule has 0 N–H and O–H groups in total. The summed E-state index contributed by atoms with van der Waals surface area (Å²) in [6.07, 6.45) is 3.45. The molecular weight excluding hydrogens is 230 g/mol. The zero-order valence-electron chi connectivity index (χ0n) is 11.4. The molecule has 96 valence electrons. The van der Waals surface area contributed by atoms with E-state index in [1.54, 1.807) is 12.5 Å². The molecular formula is C13H23NO2Si. The van der Waals surface area contributed by atoms with Gasteiger partial charge in [0.15, 0.2) is 8.32 Å². The summed E-state index contributed by atoms with van der Waals surface area (Å²) in [6, 6.07) is 3.97. The van der Waals surface area contributed by atoms with Gasteiger partial charge in [-0.2, -0.15) is 0 Å². The largest absolute Gasteiger partial charge is 0.463 e. The first kappa shape index (κ1) is 14.2. The first-order chi connectivity index (χ1) is 7.88. The van der Waals surface area contributed by atoms with Gasteiger partial charge in [-0.25, -0.2) is 0 Å². The van der Waals surface area contributed by atoms with Crippen molar-refractivity contribution in [1.82, 2.24) is 0 Å². The minimum atomic E-state index is -1.46. The summed E-state index contributed by atoms with van der Waals surface area (Å²) >= 11 is 0. The lowest BCUT2D eigenvalue weighted by Crippen LogP contribution is -2.31. The van der Waals surface area contributed by atoms with E-state index < -0.39 is 8.32 Å². The molecule has 1 rings (SSSR count). The second-order valence-electron chi connectivity index (χ2n) is 5.53. The van der Waals surface area contributed by atoms with Gasteiger partial charge in [0, 0.05) is 0 Å². The predicted octanol–water partition coefficient (Wildman–Crippen LogP) is 3.57. The molecule has 0 radical (unpaired) electrons. The highest BCUT2D eigenvalue weighted by Gasteiger charge is 2.19. The number of nitrogens with zero attached hydrogens (tertiary/aromatic N) is 1. The first-order valence-corrected chi connectivity index (χ1v) is 9.50. The Morgan fingerprint density at radius 1 is 1.41 bits per heavy atom. The highest BCUT2D eigenvalue weighted by atomic mass is 28.4. The average Bonchev–Trinajstić information content (AvgIpc) is 2.68. The van der Waals surface area contributed by atoms with Crippen molar-refractivity contribution >= 4 is 14.5 Å². The van der Waals surface area contributed by atoms with Gasteiger partial charge < -0.3 is 8.84 Å². The predicted molar refractivity (Wildman–Crippen MR) is 74.2 cm³/mol. The van der Waals surface area contributed by atoms with Crippen LogP contribution in [0.25, 0.3) is 0 Å². The van der Waals surface area contributed by atoms with Crippen molar-refractivity contribution in [2.24, 2.45) is 10.9 Å². The lowest BCUT2D eigenvalue weighted by molar-refractivity contribution is 0.255. The van der Waals surface area contributed by atoms with Gasteiger partial charge in [0.05, 0.1) is 25.1 Å². The standard InChI is InChI=1S/C13H23NO2Si/c1-11(2)13(10-16-17(3,4)5)14-9-12-7-6-8-15-12/h6-9,11,13H,10H2,1-5H3/t13-/m1/s1. The van der Waals surface area contributed by atoms with Crippen molar-refractivity contribution in [3.05, 3.63) is 24.2 Å². The zero-order valence-corrected chi connectivity index (χ0v) is 12.4. The fraction of sp³-hybridized carbons (Fsp3) is 0.615. The van der Waals surface area contributed by atoms with Crippen molar-refractivity contribution in [3.63, 3.8) is 0 Å². The molecule has 4 heteroatoms. The van der Waals surface area contributed by atoms with Crippen LogP contribution in [0.2, 0.25) is 19.6 Å². The molecule has 0 amide bonds. The van der Waals surface area contributed by atoms with Gasteiger partial charge >= 0.3 is 0 Å². The number of hydrogen-bond acceptors (Lipinski definition) is 3. The average molecular weight is 253 g/mol.